The number of methoxy groups -OCH3 is 2. The first-order valence-electron chi connectivity index (χ1n) is 8.11. The summed E-state index contributed by atoms with van der Waals surface area (Å²) < 4.78 is 39.7. The second kappa shape index (κ2) is 9.51. The Morgan fingerprint density at radius 1 is 1.15 bits per heavy atom. The monoisotopic (exact) mass is 378 g/mol. The molecule has 2 aromatic rings. The molecule has 0 unspecified atom stereocenters. The zero-order valence-electron chi connectivity index (χ0n) is 15.2. The number of carbonyl (C=O) groups is 1. The standard InChI is InChI=1S/C19H20F2N2O4/c1-4-12-5-7-14(8-6-12)18(24)23-22-11-13-9-15(25-2)17(27-19(20)21)16(10-13)26-3/h5-11,19H,4H2,1-3H3,(H,23,24)/b22-11-. The van der Waals surface area contributed by atoms with Crippen LogP contribution in [0.4, 0.5) is 8.78 Å². The third-order valence-electron chi connectivity index (χ3n) is 3.69. The minimum absolute atomic E-state index is 0.0533. The van der Waals surface area contributed by atoms with E-state index in [1.54, 1.807) is 12.1 Å². The number of amides is 1. The molecule has 1 N–H and O–H groups in total. The van der Waals surface area contributed by atoms with Gasteiger partial charge in [0.2, 0.25) is 5.75 Å². The predicted octanol–water partition coefficient (Wildman–Crippen LogP) is 3.63. The van der Waals surface area contributed by atoms with Gasteiger partial charge in [-0.15, -0.1) is 0 Å². The van der Waals surface area contributed by atoms with Crippen molar-refractivity contribution < 1.29 is 27.8 Å². The van der Waals surface area contributed by atoms with Gasteiger partial charge in [-0.2, -0.15) is 13.9 Å². The zero-order valence-corrected chi connectivity index (χ0v) is 15.2. The fourth-order valence-electron chi connectivity index (χ4n) is 2.30. The molecule has 0 saturated heterocycles. The molecule has 0 saturated carbocycles. The van der Waals surface area contributed by atoms with E-state index in [-0.39, 0.29) is 23.2 Å². The topological polar surface area (TPSA) is 69.2 Å². The SMILES string of the molecule is CCc1ccc(C(=O)N/N=C\c2cc(OC)c(OC(F)F)c(OC)c2)cc1. The van der Waals surface area contributed by atoms with E-state index < -0.39 is 6.61 Å². The summed E-state index contributed by atoms with van der Waals surface area (Å²) in [5, 5.41) is 3.88. The summed E-state index contributed by atoms with van der Waals surface area (Å²) in [7, 11) is 2.63. The first-order chi connectivity index (χ1) is 13.0. The van der Waals surface area contributed by atoms with Crippen molar-refractivity contribution in [2.24, 2.45) is 5.10 Å². The number of alkyl halides is 2. The van der Waals surface area contributed by atoms with E-state index in [0.29, 0.717) is 11.1 Å². The number of hydrogen-bond donors (Lipinski definition) is 1. The van der Waals surface area contributed by atoms with Crippen molar-refractivity contribution in [3.05, 3.63) is 53.1 Å². The van der Waals surface area contributed by atoms with Crippen LogP contribution in [-0.4, -0.2) is 33.0 Å². The lowest BCUT2D eigenvalue weighted by molar-refractivity contribution is -0.0526. The van der Waals surface area contributed by atoms with Gasteiger partial charge in [0.1, 0.15) is 0 Å². The van der Waals surface area contributed by atoms with Gasteiger partial charge < -0.3 is 14.2 Å². The van der Waals surface area contributed by atoms with E-state index in [4.69, 9.17) is 9.47 Å². The molecule has 2 aromatic carbocycles. The van der Waals surface area contributed by atoms with Gasteiger partial charge in [-0.3, -0.25) is 4.79 Å². The number of ether oxygens (including phenoxy) is 3. The maximum absolute atomic E-state index is 12.5. The first kappa shape index (κ1) is 20.2. The van der Waals surface area contributed by atoms with E-state index in [1.165, 1.54) is 32.6 Å². The van der Waals surface area contributed by atoms with Gasteiger partial charge in [0.05, 0.1) is 20.4 Å². The van der Waals surface area contributed by atoms with Gasteiger partial charge in [0.25, 0.3) is 5.91 Å². The van der Waals surface area contributed by atoms with Gasteiger partial charge >= 0.3 is 6.61 Å². The minimum atomic E-state index is -3.02. The lowest BCUT2D eigenvalue weighted by Crippen LogP contribution is -2.17. The van der Waals surface area contributed by atoms with Crippen molar-refractivity contribution in [2.45, 2.75) is 20.0 Å². The Bertz CT molecular complexity index is 783. The molecule has 0 radical (unpaired) electrons. The molecule has 27 heavy (non-hydrogen) atoms. The average Bonchev–Trinajstić information content (AvgIpc) is 2.68. The van der Waals surface area contributed by atoms with Crippen molar-refractivity contribution >= 4 is 12.1 Å². The molecule has 0 atom stereocenters. The number of benzene rings is 2. The Morgan fingerprint density at radius 3 is 2.22 bits per heavy atom. The average molecular weight is 378 g/mol. The Morgan fingerprint density at radius 2 is 1.74 bits per heavy atom. The van der Waals surface area contributed by atoms with Crippen LogP contribution in [0.5, 0.6) is 17.2 Å². The summed E-state index contributed by atoms with van der Waals surface area (Å²) in [5.41, 5.74) is 4.47. The van der Waals surface area contributed by atoms with Gasteiger partial charge in [0.15, 0.2) is 11.5 Å². The van der Waals surface area contributed by atoms with Crippen LogP contribution in [0.3, 0.4) is 0 Å². The quantitative estimate of drug-likeness (QED) is 0.563. The molecule has 0 fully saturated rings. The molecule has 0 bridgehead atoms. The van der Waals surface area contributed by atoms with Crippen LogP contribution in [-0.2, 0) is 6.42 Å². The third-order valence-corrected chi connectivity index (χ3v) is 3.69. The summed E-state index contributed by atoms with van der Waals surface area (Å²) in [6.45, 7) is -0.995. The summed E-state index contributed by atoms with van der Waals surface area (Å²) in [5.74, 6) is -0.479. The van der Waals surface area contributed by atoms with Crippen molar-refractivity contribution in [2.75, 3.05) is 14.2 Å². The smallest absolute Gasteiger partial charge is 0.387 e. The molecule has 0 aliphatic rings. The number of halogens is 2. The highest BCUT2D eigenvalue weighted by Crippen LogP contribution is 2.39. The fraction of sp³-hybridized carbons (Fsp3) is 0.263. The predicted molar refractivity (Wildman–Crippen MR) is 97.1 cm³/mol. The molecular formula is C19H20F2N2O4. The number of carbonyl (C=O) groups excluding carboxylic acids is 1. The van der Waals surface area contributed by atoms with Gasteiger partial charge in [-0.05, 0) is 36.2 Å². The number of hydrogen-bond acceptors (Lipinski definition) is 5. The lowest BCUT2D eigenvalue weighted by atomic mass is 10.1. The third kappa shape index (κ3) is 5.40. The molecule has 0 aliphatic carbocycles. The number of hydrazone groups is 1. The van der Waals surface area contributed by atoms with E-state index in [9.17, 15) is 13.6 Å². The molecule has 1 amide bonds. The Kier molecular flexibility index (Phi) is 7.10. The van der Waals surface area contributed by atoms with Crippen LogP contribution in [0, 0.1) is 0 Å². The number of rotatable bonds is 8. The van der Waals surface area contributed by atoms with E-state index in [2.05, 4.69) is 15.3 Å². The number of aryl methyl sites for hydroxylation is 1. The van der Waals surface area contributed by atoms with E-state index in [0.717, 1.165) is 12.0 Å². The van der Waals surface area contributed by atoms with Gasteiger partial charge in [-0.25, -0.2) is 5.43 Å². The summed E-state index contributed by atoms with van der Waals surface area (Å²) in [6, 6.07) is 10.0. The van der Waals surface area contributed by atoms with E-state index in [1.807, 2.05) is 19.1 Å². The van der Waals surface area contributed by atoms with Gasteiger partial charge in [0, 0.05) is 11.1 Å². The van der Waals surface area contributed by atoms with Gasteiger partial charge in [-0.1, -0.05) is 19.1 Å². The molecule has 8 heteroatoms. The summed E-state index contributed by atoms with van der Waals surface area (Å²) in [4.78, 5) is 12.1. The van der Waals surface area contributed by atoms with Crippen molar-refractivity contribution in [3.63, 3.8) is 0 Å². The Hall–Kier alpha value is -3.16. The molecule has 144 valence electrons. The summed E-state index contributed by atoms with van der Waals surface area (Å²) >= 11 is 0. The molecule has 0 heterocycles. The van der Waals surface area contributed by atoms with Crippen molar-refractivity contribution in [1.29, 1.82) is 0 Å². The molecule has 0 aromatic heterocycles. The van der Waals surface area contributed by atoms with Crippen LogP contribution >= 0.6 is 0 Å². The maximum atomic E-state index is 12.5. The maximum Gasteiger partial charge on any atom is 0.387 e. The van der Waals surface area contributed by atoms with Crippen molar-refractivity contribution in [3.8, 4) is 17.2 Å². The van der Waals surface area contributed by atoms with Crippen molar-refractivity contribution in [1.82, 2.24) is 5.43 Å². The van der Waals surface area contributed by atoms with Crippen LogP contribution in [0.15, 0.2) is 41.5 Å². The molecule has 2 rings (SSSR count). The molecule has 0 spiro atoms. The summed E-state index contributed by atoms with van der Waals surface area (Å²) in [6.07, 6.45) is 2.23. The minimum Gasteiger partial charge on any atom is -0.493 e. The van der Waals surface area contributed by atoms with Crippen LogP contribution in [0.1, 0.15) is 28.4 Å². The second-order valence-electron chi connectivity index (χ2n) is 5.38. The first-order valence-corrected chi connectivity index (χ1v) is 8.11. The van der Waals surface area contributed by atoms with Crippen LogP contribution < -0.4 is 19.6 Å². The second-order valence-corrected chi connectivity index (χ2v) is 5.38. The highest BCUT2D eigenvalue weighted by molar-refractivity contribution is 5.95. The molecule has 0 aliphatic heterocycles. The number of nitrogens with one attached hydrogen (secondary N) is 1. The van der Waals surface area contributed by atoms with Crippen LogP contribution in [0.25, 0.3) is 0 Å². The lowest BCUT2D eigenvalue weighted by Gasteiger charge is -2.14. The highest BCUT2D eigenvalue weighted by atomic mass is 19.3. The van der Waals surface area contributed by atoms with Crippen LogP contribution in [0.2, 0.25) is 0 Å². The Balaban J connectivity index is 2.14. The fourth-order valence-corrected chi connectivity index (χ4v) is 2.30. The number of nitrogens with zero attached hydrogens (tertiary/aromatic N) is 1. The molecule has 6 nitrogen and oxygen atoms in total. The Labute approximate surface area is 155 Å². The highest BCUT2D eigenvalue weighted by Gasteiger charge is 2.17. The molecular weight excluding hydrogens is 358 g/mol. The largest absolute Gasteiger partial charge is 0.493 e. The van der Waals surface area contributed by atoms with E-state index >= 15 is 0 Å². The normalized spacial score (nSPS) is 10.9. The zero-order chi connectivity index (χ0) is 19.8.